The Morgan fingerprint density at radius 2 is 1.85 bits per heavy atom. The Hall–Kier alpha value is -2.01. The predicted molar refractivity (Wildman–Crippen MR) is 72.0 cm³/mol. The second-order valence-electron chi connectivity index (χ2n) is 4.21. The Kier molecular flexibility index (Phi) is 8.87. The largest absolute Gasteiger partial charge is 0.466 e. The number of ether oxygens (including phenoxy) is 1. The van der Waals surface area contributed by atoms with Crippen molar-refractivity contribution in [2.45, 2.75) is 40.0 Å². The van der Waals surface area contributed by atoms with Crippen LogP contribution in [0.5, 0.6) is 0 Å². The first kappa shape index (κ1) is 18.0. The van der Waals surface area contributed by atoms with Crippen molar-refractivity contribution in [2.24, 2.45) is 0 Å². The van der Waals surface area contributed by atoms with Gasteiger partial charge in [0.1, 0.15) is 0 Å². The van der Waals surface area contributed by atoms with Gasteiger partial charge < -0.3 is 15.2 Å². The van der Waals surface area contributed by atoms with E-state index in [2.05, 4.69) is 4.79 Å². The fourth-order valence-electron chi connectivity index (χ4n) is 1.54. The van der Waals surface area contributed by atoms with Crippen molar-refractivity contribution in [3.8, 4) is 0 Å². The number of hydrogen-bond donors (Lipinski definition) is 0. The molecule has 0 unspecified atom stereocenters. The second-order valence-corrected chi connectivity index (χ2v) is 4.21. The number of amides is 1. The summed E-state index contributed by atoms with van der Waals surface area (Å²) in [6.07, 6.45) is 1.62. The number of Topliss-reactive ketones (excluding diaryl/α,β-unsaturated/α-hetero) is 1. The van der Waals surface area contributed by atoms with Gasteiger partial charge in [-0.25, -0.2) is 0 Å². The van der Waals surface area contributed by atoms with Crippen LogP contribution in [0.2, 0.25) is 0 Å². The first-order valence-corrected chi connectivity index (χ1v) is 6.65. The van der Waals surface area contributed by atoms with Crippen LogP contribution in [0, 0.1) is 0 Å². The van der Waals surface area contributed by atoms with E-state index in [1.165, 1.54) is 4.90 Å². The molecule has 0 spiro atoms. The monoisotopic (exact) mass is 283 g/mol. The van der Waals surface area contributed by atoms with Gasteiger partial charge in [-0.1, -0.05) is 13.3 Å². The minimum absolute atomic E-state index is 0.0416. The maximum Gasteiger partial charge on any atom is 0.421 e. The lowest BCUT2D eigenvalue weighted by molar-refractivity contribution is -0.144. The Labute approximate surface area is 118 Å². The van der Waals surface area contributed by atoms with Crippen LogP contribution in [-0.2, 0) is 19.1 Å². The minimum atomic E-state index is -0.669. The lowest BCUT2D eigenvalue weighted by atomic mass is 10.2. The molecule has 0 aromatic rings. The highest BCUT2D eigenvalue weighted by molar-refractivity contribution is 6.63. The fraction of sp³-hybridized carbons (Fsp3) is 0.692. The molecule has 7 nitrogen and oxygen atoms in total. The zero-order valence-corrected chi connectivity index (χ0v) is 12.2. The number of carbonyl (C=O) groups is 3. The normalized spacial score (nSPS) is 9.55. The van der Waals surface area contributed by atoms with Gasteiger partial charge in [-0.2, -0.15) is 4.79 Å². The van der Waals surface area contributed by atoms with E-state index in [0.717, 1.165) is 19.8 Å². The first-order chi connectivity index (χ1) is 9.47. The number of ketones is 1. The van der Waals surface area contributed by atoms with Gasteiger partial charge in [-0.15, -0.1) is 0 Å². The van der Waals surface area contributed by atoms with Gasteiger partial charge >= 0.3 is 17.6 Å². The lowest BCUT2D eigenvalue weighted by Gasteiger charge is -2.19. The highest BCUT2D eigenvalue weighted by Crippen LogP contribution is 2.01. The third-order valence-corrected chi connectivity index (χ3v) is 2.60. The quantitative estimate of drug-likeness (QED) is 0.206. The van der Waals surface area contributed by atoms with E-state index in [1.54, 1.807) is 6.92 Å². The summed E-state index contributed by atoms with van der Waals surface area (Å²) in [5.41, 5.74) is 8.21. The van der Waals surface area contributed by atoms with Crippen LogP contribution in [0.25, 0.3) is 5.53 Å². The van der Waals surface area contributed by atoms with Crippen LogP contribution in [0.4, 0.5) is 0 Å². The van der Waals surface area contributed by atoms with Crippen molar-refractivity contribution in [3.63, 3.8) is 0 Å². The lowest BCUT2D eigenvalue weighted by Crippen LogP contribution is -2.41. The number of rotatable bonds is 9. The van der Waals surface area contributed by atoms with Crippen LogP contribution in [0.1, 0.15) is 40.0 Å². The van der Waals surface area contributed by atoms with Crippen LogP contribution in [-0.4, -0.2) is 52.8 Å². The smallest absolute Gasteiger partial charge is 0.421 e. The molecule has 7 heteroatoms. The van der Waals surface area contributed by atoms with E-state index < -0.39 is 23.4 Å². The van der Waals surface area contributed by atoms with Crippen molar-refractivity contribution in [1.82, 2.24) is 4.90 Å². The van der Waals surface area contributed by atoms with Crippen molar-refractivity contribution in [1.29, 1.82) is 0 Å². The number of unbranched alkanes of at least 4 members (excludes halogenated alkanes) is 1. The molecule has 0 bridgehead atoms. The summed E-state index contributed by atoms with van der Waals surface area (Å²) in [5, 5.41) is 0. The average molecular weight is 283 g/mol. The Morgan fingerprint density at radius 3 is 2.30 bits per heavy atom. The molecule has 0 saturated carbocycles. The molecule has 0 aliphatic heterocycles. The van der Waals surface area contributed by atoms with Crippen LogP contribution < -0.4 is 0 Å². The second kappa shape index (κ2) is 9.86. The molecular weight excluding hydrogens is 262 g/mol. The fourth-order valence-corrected chi connectivity index (χ4v) is 1.54. The van der Waals surface area contributed by atoms with E-state index in [0.29, 0.717) is 6.54 Å². The highest BCUT2D eigenvalue weighted by Gasteiger charge is 2.30. The maximum atomic E-state index is 12.1. The van der Waals surface area contributed by atoms with Crippen LogP contribution in [0.15, 0.2) is 0 Å². The number of hydrogen-bond acceptors (Lipinski definition) is 4. The average Bonchev–Trinajstić information content (AvgIpc) is 2.39. The molecule has 0 saturated heterocycles. The molecule has 0 N–H and O–H groups in total. The molecule has 0 aromatic heterocycles. The van der Waals surface area contributed by atoms with E-state index in [1.807, 2.05) is 6.92 Å². The summed E-state index contributed by atoms with van der Waals surface area (Å²) < 4.78 is 4.79. The SMILES string of the molecule is CCCCN(CCC(=O)OCC)C(=O)C(=[N+]=[N-])C(C)=O. The van der Waals surface area contributed by atoms with Gasteiger partial charge in [-0.3, -0.25) is 14.4 Å². The molecule has 0 aliphatic carbocycles. The zero-order valence-electron chi connectivity index (χ0n) is 12.2. The van der Waals surface area contributed by atoms with E-state index >= 15 is 0 Å². The Morgan fingerprint density at radius 1 is 1.20 bits per heavy atom. The third kappa shape index (κ3) is 6.24. The summed E-state index contributed by atoms with van der Waals surface area (Å²) in [7, 11) is 0. The van der Waals surface area contributed by atoms with Gasteiger partial charge in [0.2, 0.25) is 5.78 Å². The van der Waals surface area contributed by atoms with Gasteiger partial charge in [-0.05, 0) is 13.3 Å². The molecular formula is C13H21N3O4. The zero-order chi connectivity index (χ0) is 15.5. The van der Waals surface area contributed by atoms with Crippen molar-refractivity contribution >= 4 is 23.4 Å². The van der Waals surface area contributed by atoms with Crippen molar-refractivity contribution in [2.75, 3.05) is 19.7 Å². The topological polar surface area (TPSA) is 100 Å². The minimum Gasteiger partial charge on any atom is -0.466 e. The molecule has 20 heavy (non-hydrogen) atoms. The molecule has 0 aliphatic rings. The van der Waals surface area contributed by atoms with Crippen LogP contribution in [0.3, 0.4) is 0 Å². The molecule has 0 atom stereocenters. The summed E-state index contributed by atoms with van der Waals surface area (Å²) in [4.78, 5) is 38.6. The molecule has 0 rings (SSSR count). The van der Waals surface area contributed by atoms with Gasteiger partial charge in [0, 0.05) is 20.0 Å². The van der Waals surface area contributed by atoms with Crippen molar-refractivity contribution < 1.29 is 23.9 Å². The van der Waals surface area contributed by atoms with E-state index in [-0.39, 0.29) is 19.6 Å². The van der Waals surface area contributed by atoms with Gasteiger partial charge in [0.25, 0.3) is 0 Å². The molecule has 112 valence electrons. The Balaban J connectivity index is 4.78. The third-order valence-electron chi connectivity index (χ3n) is 2.60. The number of nitrogens with zero attached hydrogens (tertiary/aromatic N) is 3. The number of esters is 1. The summed E-state index contributed by atoms with van der Waals surface area (Å²) in [6.45, 7) is 5.60. The van der Waals surface area contributed by atoms with E-state index in [9.17, 15) is 14.4 Å². The highest BCUT2D eigenvalue weighted by atomic mass is 16.5. The molecule has 0 radical (unpaired) electrons. The molecule has 0 heterocycles. The molecule has 0 aromatic carbocycles. The summed E-state index contributed by atoms with van der Waals surface area (Å²) in [5.74, 6) is -1.69. The van der Waals surface area contributed by atoms with Gasteiger partial charge in [0.15, 0.2) is 0 Å². The Bertz CT molecular complexity index is 414. The van der Waals surface area contributed by atoms with E-state index in [4.69, 9.17) is 10.3 Å². The van der Waals surface area contributed by atoms with Crippen LogP contribution >= 0.6 is 0 Å². The standard InChI is InChI=1S/C13H21N3O4/c1-4-6-8-16(9-7-11(18)20-5-2)13(19)12(15-14)10(3)17/h4-9H2,1-3H3. The summed E-state index contributed by atoms with van der Waals surface area (Å²) in [6, 6.07) is 0. The first-order valence-electron chi connectivity index (χ1n) is 6.65. The molecule has 0 fully saturated rings. The number of carbonyl (C=O) groups excluding carboxylic acids is 3. The molecule has 1 amide bonds. The van der Waals surface area contributed by atoms with Crippen molar-refractivity contribution in [3.05, 3.63) is 5.53 Å². The predicted octanol–water partition coefficient (Wildman–Crippen LogP) is 0.828. The maximum absolute atomic E-state index is 12.1. The van der Waals surface area contributed by atoms with Gasteiger partial charge in [0.05, 0.1) is 13.0 Å². The summed E-state index contributed by atoms with van der Waals surface area (Å²) >= 11 is 0.